The zero-order valence-corrected chi connectivity index (χ0v) is 16.8. The highest BCUT2D eigenvalue weighted by Gasteiger charge is 2.20. The van der Waals surface area contributed by atoms with Crippen LogP contribution in [-0.2, 0) is 14.8 Å². The van der Waals surface area contributed by atoms with Gasteiger partial charge in [-0.05, 0) is 37.6 Å². The van der Waals surface area contributed by atoms with Crippen molar-refractivity contribution in [1.82, 2.24) is 5.32 Å². The van der Waals surface area contributed by atoms with Crippen molar-refractivity contribution >= 4 is 21.6 Å². The number of rotatable bonds is 10. The van der Waals surface area contributed by atoms with E-state index in [4.69, 9.17) is 4.74 Å². The first-order valence-corrected chi connectivity index (χ1v) is 10.8. The molecule has 0 fully saturated rings. The lowest BCUT2D eigenvalue weighted by atomic mass is 10.2. The van der Waals surface area contributed by atoms with Gasteiger partial charge in [-0.2, -0.15) is 0 Å². The number of para-hydroxylation sites is 2. The Morgan fingerprint density at radius 3 is 2.43 bits per heavy atom. The lowest BCUT2D eigenvalue weighted by molar-refractivity contribution is -0.121. The fourth-order valence-corrected chi connectivity index (χ4v) is 3.59. The average Bonchev–Trinajstić information content (AvgIpc) is 2.64. The van der Waals surface area contributed by atoms with E-state index in [-0.39, 0.29) is 37.0 Å². The predicted octanol–water partition coefficient (Wildman–Crippen LogP) is 2.96. The van der Waals surface area contributed by atoms with Crippen molar-refractivity contribution in [2.45, 2.75) is 25.8 Å². The number of benzene rings is 2. The Hall–Kier alpha value is -2.61. The van der Waals surface area contributed by atoms with Crippen molar-refractivity contribution in [2.24, 2.45) is 0 Å². The number of halogens is 1. The van der Waals surface area contributed by atoms with E-state index in [0.29, 0.717) is 6.61 Å². The fourth-order valence-electron chi connectivity index (χ4n) is 2.63. The van der Waals surface area contributed by atoms with E-state index in [2.05, 4.69) is 5.32 Å². The number of amides is 1. The second-order valence-electron chi connectivity index (χ2n) is 6.48. The number of nitrogens with one attached hydrogen (secondary N) is 1. The molecule has 8 heteroatoms. The first kappa shape index (κ1) is 21.7. The van der Waals surface area contributed by atoms with Crippen LogP contribution in [-0.4, -0.2) is 39.8 Å². The minimum atomic E-state index is -3.66. The van der Waals surface area contributed by atoms with Gasteiger partial charge in [0.2, 0.25) is 15.9 Å². The molecule has 0 aliphatic heterocycles. The maximum atomic E-state index is 14.0. The highest BCUT2D eigenvalue weighted by atomic mass is 32.2. The van der Waals surface area contributed by atoms with E-state index in [1.807, 2.05) is 37.3 Å². The summed E-state index contributed by atoms with van der Waals surface area (Å²) in [7, 11) is -3.66. The summed E-state index contributed by atoms with van der Waals surface area (Å²) in [5.41, 5.74) is -0.0185. The van der Waals surface area contributed by atoms with E-state index in [1.165, 1.54) is 18.2 Å². The molecule has 0 heterocycles. The Bertz CT molecular complexity index is 875. The normalized spacial score (nSPS) is 12.2. The zero-order valence-electron chi connectivity index (χ0n) is 16.0. The average molecular weight is 408 g/mol. The van der Waals surface area contributed by atoms with E-state index in [9.17, 15) is 17.6 Å². The van der Waals surface area contributed by atoms with Crippen LogP contribution in [0.15, 0.2) is 54.6 Å². The number of hydrogen-bond donors (Lipinski definition) is 1. The van der Waals surface area contributed by atoms with Crippen LogP contribution >= 0.6 is 0 Å². The number of carbonyl (C=O) groups is 1. The quantitative estimate of drug-likeness (QED) is 0.656. The molecule has 2 aromatic carbocycles. The third-order valence-corrected chi connectivity index (χ3v) is 5.12. The van der Waals surface area contributed by atoms with Gasteiger partial charge in [0, 0.05) is 13.0 Å². The number of anilines is 1. The van der Waals surface area contributed by atoms with E-state index in [1.54, 1.807) is 6.07 Å². The van der Waals surface area contributed by atoms with E-state index in [0.717, 1.165) is 16.3 Å². The molecule has 0 radical (unpaired) electrons. The first-order valence-electron chi connectivity index (χ1n) is 8.97. The summed E-state index contributed by atoms with van der Waals surface area (Å²) in [4.78, 5) is 12.1. The van der Waals surface area contributed by atoms with E-state index < -0.39 is 15.8 Å². The lowest BCUT2D eigenvalue weighted by Crippen LogP contribution is -2.37. The Morgan fingerprint density at radius 2 is 1.79 bits per heavy atom. The van der Waals surface area contributed by atoms with Gasteiger partial charge in [-0.15, -0.1) is 0 Å². The minimum absolute atomic E-state index is 0.0160. The molecule has 28 heavy (non-hydrogen) atoms. The fraction of sp³-hybridized carbons (Fsp3) is 0.350. The molecule has 0 bridgehead atoms. The summed E-state index contributed by atoms with van der Waals surface area (Å²) in [6.07, 6.45) is 1.40. The van der Waals surface area contributed by atoms with Crippen LogP contribution in [0.1, 0.15) is 19.8 Å². The van der Waals surface area contributed by atoms with Crippen molar-refractivity contribution in [3.05, 3.63) is 60.4 Å². The number of ether oxygens (including phenoxy) is 1. The van der Waals surface area contributed by atoms with Crippen LogP contribution in [0.2, 0.25) is 0 Å². The van der Waals surface area contributed by atoms with Crippen LogP contribution in [0, 0.1) is 5.82 Å². The van der Waals surface area contributed by atoms with Gasteiger partial charge in [0.1, 0.15) is 18.2 Å². The Kier molecular flexibility index (Phi) is 7.80. The van der Waals surface area contributed by atoms with Gasteiger partial charge in [-0.25, -0.2) is 12.8 Å². The standard InChI is InChI=1S/C20H25FN2O4S/c1-16(15-27-17-9-4-3-5-10-17)22-20(24)13-8-14-23(28(2,25)26)19-12-7-6-11-18(19)21/h3-7,9-12,16H,8,13-15H2,1-2H3,(H,22,24)/t16-/m1/s1. The molecule has 0 aromatic heterocycles. The summed E-state index contributed by atoms with van der Waals surface area (Å²) in [5.74, 6) is -0.118. The molecule has 1 amide bonds. The van der Waals surface area contributed by atoms with Crippen molar-refractivity contribution in [2.75, 3.05) is 23.7 Å². The number of sulfonamides is 1. The van der Waals surface area contributed by atoms with Crippen LogP contribution < -0.4 is 14.4 Å². The molecular weight excluding hydrogens is 383 g/mol. The molecular formula is C20H25FN2O4S. The van der Waals surface area contributed by atoms with Gasteiger partial charge >= 0.3 is 0 Å². The molecule has 152 valence electrons. The molecule has 0 aliphatic carbocycles. The second kappa shape index (κ2) is 10.1. The minimum Gasteiger partial charge on any atom is -0.491 e. The number of nitrogens with zero attached hydrogens (tertiary/aromatic N) is 1. The highest BCUT2D eigenvalue weighted by Crippen LogP contribution is 2.21. The monoisotopic (exact) mass is 408 g/mol. The maximum absolute atomic E-state index is 14.0. The first-order chi connectivity index (χ1) is 13.3. The molecule has 2 rings (SSSR count). The van der Waals surface area contributed by atoms with Crippen LogP contribution in [0.25, 0.3) is 0 Å². The van der Waals surface area contributed by atoms with E-state index >= 15 is 0 Å². The van der Waals surface area contributed by atoms with Crippen molar-refractivity contribution in [3.8, 4) is 5.75 Å². The third-order valence-electron chi connectivity index (χ3n) is 3.94. The third kappa shape index (κ3) is 6.84. The number of hydrogen-bond acceptors (Lipinski definition) is 4. The molecule has 0 unspecified atom stereocenters. The van der Waals surface area contributed by atoms with Crippen LogP contribution in [0.3, 0.4) is 0 Å². The summed E-state index contributed by atoms with van der Waals surface area (Å²) in [6, 6.07) is 14.7. The maximum Gasteiger partial charge on any atom is 0.232 e. The number of carbonyl (C=O) groups excluding carboxylic acids is 1. The molecule has 0 saturated carbocycles. The van der Waals surface area contributed by atoms with Crippen LogP contribution in [0.4, 0.5) is 10.1 Å². The second-order valence-corrected chi connectivity index (χ2v) is 8.39. The van der Waals surface area contributed by atoms with Gasteiger partial charge < -0.3 is 10.1 Å². The van der Waals surface area contributed by atoms with Gasteiger partial charge in [0.15, 0.2) is 0 Å². The van der Waals surface area contributed by atoms with Crippen molar-refractivity contribution < 1.29 is 22.3 Å². The van der Waals surface area contributed by atoms with Crippen molar-refractivity contribution in [1.29, 1.82) is 0 Å². The smallest absolute Gasteiger partial charge is 0.232 e. The Labute approximate surface area is 165 Å². The Balaban J connectivity index is 1.81. The molecule has 1 N–H and O–H groups in total. The topological polar surface area (TPSA) is 75.7 Å². The zero-order chi connectivity index (χ0) is 20.6. The lowest BCUT2D eigenvalue weighted by Gasteiger charge is -2.23. The Morgan fingerprint density at radius 1 is 1.14 bits per heavy atom. The van der Waals surface area contributed by atoms with Gasteiger partial charge in [-0.1, -0.05) is 30.3 Å². The predicted molar refractivity (Wildman–Crippen MR) is 107 cm³/mol. The summed E-state index contributed by atoms with van der Waals surface area (Å²) in [6.45, 7) is 2.16. The molecule has 1 atom stereocenters. The molecule has 0 spiro atoms. The van der Waals surface area contributed by atoms with Gasteiger partial charge in [0.05, 0.1) is 18.0 Å². The van der Waals surface area contributed by atoms with Crippen LogP contribution in [0.5, 0.6) is 5.75 Å². The molecule has 0 saturated heterocycles. The van der Waals surface area contributed by atoms with Crippen molar-refractivity contribution in [3.63, 3.8) is 0 Å². The molecule has 6 nitrogen and oxygen atoms in total. The highest BCUT2D eigenvalue weighted by molar-refractivity contribution is 7.92. The SMILES string of the molecule is C[C@H](COc1ccccc1)NC(=O)CCCN(c1ccccc1F)S(C)(=O)=O. The summed E-state index contributed by atoms with van der Waals surface area (Å²) >= 11 is 0. The van der Waals surface area contributed by atoms with Gasteiger partial charge in [-0.3, -0.25) is 9.10 Å². The van der Waals surface area contributed by atoms with Gasteiger partial charge in [0.25, 0.3) is 0 Å². The largest absolute Gasteiger partial charge is 0.491 e. The summed E-state index contributed by atoms with van der Waals surface area (Å²) in [5, 5.41) is 2.81. The summed E-state index contributed by atoms with van der Waals surface area (Å²) < 4.78 is 44.5. The molecule has 0 aliphatic rings. The molecule has 2 aromatic rings.